The van der Waals surface area contributed by atoms with Crippen LogP contribution in [0.3, 0.4) is 0 Å². The fourth-order valence-corrected chi connectivity index (χ4v) is 2.01. The molecule has 2 N–H and O–H groups in total. The van der Waals surface area contributed by atoms with Crippen molar-refractivity contribution >= 4 is 23.0 Å². The Bertz CT molecular complexity index is 434. The molecular formula is C16H25N3OS. The predicted octanol–water partition coefficient (Wildman–Crippen LogP) is 3.08. The van der Waals surface area contributed by atoms with Gasteiger partial charge in [-0.3, -0.25) is 5.43 Å². The van der Waals surface area contributed by atoms with Crippen LogP contribution in [-0.4, -0.2) is 31.1 Å². The summed E-state index contributed by atoms with van der Waals surface area (Å²) in [6, 6.07) is 10.2. The van der Waals surface area contributed by atoms with E-state index in [1.165, 1.54) is 12.8 Å². The maximum Gasteiger partial charge on any atom is 0.187 e. The molecule has 116 valence electrons. The average Bonchev–Trinajstić information content (AvgIpc) is 2.52. The summed E-state index contributed by atoms with van der Waals surface area (Å²) < 4.78 is 4.97. The first kappa shape index (κ1) is 17.6. The molecule has 0 amide bonds. The van der Waals surface area contributed by atoms with Gasteiger partial charge in [-0.05, 0) is 30.6 Å². The lowest BCUT2D eigenvalue weighted by atomic mass is 10.0. The van der Waals surface area contributed by atoms with Crippen LogP contribution in [0.2, 0.25) is 0 Å². The molecule has 0 aliphatic carbocycles. The Hall–Kier alpha value is -1.46. The first-order valence-electron chi connectivity index (χ1n) is 7.42. The van der Waals surface area contributed by atoms with Gasteiger partial charge in [0.2, 0.25) is 0 Å². The molecule has 1 aromatic carbocycles. The number of unbranched alkanes of at least 4 members (excludes halogenated alkanes) is 2. The zero-order chi connectivity index (χ0) is 15.3. The maximum atomic E-state index is 5.19. The third kappa shape index (κ3) is 7.78. The fourth-order valence-electron chi connectivity index (χ4n) is 1.86. The van der Waals surface area contributed by atoms with Gasteiger partial charge in [0.05, 0.1) is 12.3 Å². The van der Waals surface area contributed by atoms with E-state index in [1.807, 2.05) is 18.2 Å². The van der Waals surface area contributed by atoms with Crippen LogP contribution < -0.4 is 10.7 Å². The van der Waals surface area contributed by atoms with Crippen molar-refractivity contribution in [3.63, 3.8) is 0 Å². The number of nitrogens with one attached hydrogen (secondary N) is 2. The van der Waals surface area contributed by atoms with Gasteiger partial charge in [0.15, 0.2) is 5.11 Å². The molecule has 0 heterocycles. The van der Waals surface area contributed by atoms with Crippen molar-refractivity contribution in [2.24, 2.45) is 5.10 Å². The molecule has 0 fully saturated rings. The normalized spacial score (nSPS) is 11.2. The lowest BCUT2D eigenvalue weighted by Crippen LogP contribution is -2.34. The van der Waals surface area contributed by atoms with Gasteiger partial charge < -0.3 is 10.1 Å². The lowest BCUT2D eigenvalue weighted by Gasteiger charge is -2.10. The number of ether oxygens (including phenoxy) is 1. The van der Waals surface area contributed by atoms with Gasteiger partial charge >= 0.3 is 0 Å². The van der Waals surface area contributed by atoms with Crippen molar-refractivity contribution in [2.75, 3.05) is 20.3 Å². The second kappa shape index (κ2) is 11.2. The number of nitrogens with zero attached hydrogens (tertiary/aromatic N) is 1. The minimum Gasteiger partial charge on any atom is -0.383 e. The molecule has 21 heavy (non-hydrogen) atoms. The molecule has 0 aliphatic heterocycles. The fraction of sp³-hybridized carbons (Fsp3) is 0.500. The molecule has 4 nitrogen and oxygen atoms in total. The molecular weight excluding hydrogens is 282 g/mol. The van der Waals surface area contributed by atoms with Crippen LogP contribution in [-0.2, 0) is 4.74 Å². The Morgan fingerprint density at radius 3 is 2.67 bits per heavy atom. The van der Waals surface area contributed by atoms with Gasteiger partial charge in [-0.15, -0.1) is 0 Å². The molecule has 0 saturated carbocycles. The monoisotopic (exact) mass is 307 g/mol. The molecule has 0 bridgehead atoms. The highest BCUT2D eigenvalue weighted by molar-refractivity contribution is 7.80. The number of methoxy groups -OCH3 is 1. The highest BCUT2D eigenvalue weighted by Gasteiger charge is 2.03. The van der Waals surface area contributed by atoms with Crippen LogP contribution in [0.4, 0.5) is 0 Å². The van der Waals surface area contributed by atoms with E-state index in [4.69, 9.17) is 17.0 Å². The molecule has 0 unspecified atom stereocenters. The zero-order valence-electron chi connectivity index (χ0n) is 12.9. The minimum absolute atomic E-state index is 0.524. The van der Waals surface area contributed by atoms with Crippen LogP contribution in [0.1, 0.15) is 38.2 Å². The van der Waals surface area contributed by atoms with Gasteiger partial charge in [-0.1, -0.05) is 50.1 Å². The Morgan fingerprint density at radius 1 is 1.24 bits per heavy atom. The van der Waals surface area contributed by atoms with Crippen LogP contribution in [0, 0.1) is 0 Å². The first-order chi connectivity index (χ1) is 10.3. The molecule has 0 saturated heterocycles. The van der Waals surface area contributed by atoms with Crippen molar-refractivity contribution in [1.29, 1.82) is 0 Å². The van der Waals surface area contributed by atoms with Crippen LogP contribution >= 0.6 is 12.2 Å². The third-order valence-corrected chi connectivity index (χ3v) is 3.24. The highest BCUT2D eigenvalue weighted by atomic mass is 32.1. The minimum atomic E-state index is 0.524. The Morgan fingerprint density at radius 2 is 2.00 bits per heavy atom. The summed E-state index contributed by atoms with van der Waals surface area (Å²) in [5.74, 6) is 0. The molecule has 0 atom stereocenters. The van der Waals surface area contributed by atoms with Crippen molar-refractivity contribution in [2.45, 2.75) is 32.6 Å². The summed E-state index contributed by atoms with van der Waals surface area (Å²) in [6.45, 7) is 3.49. The van der Waals surface area contributed by atoms with Crippen molar-refractivity contribution in [3.8, 4) is 0 Å². The molecule has 1 rings (SSSR count). The lowest BCUT2D eigenvalue weighted by molar-refractivity contribution is 0.204. The number of hydrazone groups is 1. The van der Waals surface area contributed by atoms with Gasteiger partial charge in [-0.2, -0.15) is 5.10 Å². The number of hydrogen-bond acceptors (Lipinski definition) is 3. The van der Waals surface area contributed by atoms with Crippen LogP contribution in [0.5, 0.6) is 0 Å². The summed E-state index contributed by atoms with van der Waals surface area (Å²) in [5, 5.41) is 8.04. The number of thiocarbonyl (C=S) groups is 1. The van der Waals surface area contributed by atoms with Gasteiger partial charge in [-0.25, -0.2) is 0 Å². The second-order valence-electron chi connectivity index (χ2n) is 4.74. The molecule has 0 aromatic heterocycles. The molecule has 0 aliphatic rings. The Labute approximate surface area is 133 Å². The van der Waals surface area contributed by atoms with Crippen molar-refractivity contribution < 1.29 is 4.74 Å². The summed E-state index contributed by atoms with van der Waals surface area (Å²) in [5.41, 5.74) is 5.10. The largest absolute Gasteiger partial charge is 0.383 e. The Balaban J connectivity index is 2.58. The summed E-state index contributed by atoms with van der Waals surface area (Å²) in [7, 11) is 1.66. The van der Waals surface area contributed by atoms with Crippen LogP contribution in [0.25, 0.3) is 0 Å². The number of rotatable bonds is 9. The number of hydrogen-bond donors (Lipinski definition) is 2. The summed E-state index contributed by atoms with van der Waals surface area (Å²) in [6.07, 6.45) is 4.50. The van der Waals surface area contributed by atoms with E-state index < -0.39 is 0 Å². The van der Waals surface area contributed by atoms with E-state index in [0.717, 1.165) is 24.1 Å². The smallest absolute Gasteiger partial charge is 0.187 e. The highest BCUT2D eigenvalue weighted by Crippen LogP contribution is 2.08. The van der Waals surface area contributed by atoms with E-state index in [1.54, 1.807) is 7.11 Å². The van der Waals surface area contributed by atoms with E-state index in [0.29, 0.717) is 18.3 Å². The summed E-state index contributed by atoms with van der Waals surface area (Å²) >= 11 is 5.19. The Kier molecular flexibility index (Phi) is 9.40. The third-order valence-electron chi connectivity index (χ3n) is 3.01. The second-order valence-corrected chi connectivity index (χ2v) is 5.15. The number of benzene rings is 1. The SMILES string of the molecule is CCCCC/C(=N/NC(=S)NCCOC)c1ccccc1. The average molecular weight is 307 g/mol. The van der Waals surface area contributed by atoms with Gasteiger partial charge in [0.25, 0.3) is 0 Å². The first-order valence-corrected chi connectivity index (χ1v) is 7.83. The van der Waals surface area contributed by atoms with Crippen LogP contribution in [0.15, 0.2) is 35.4 Å². The van der Waals surface area contributed by atoms with E-state index in [-0.39, 0.29) is 0 Å². The molecule has 1 aromatic rings. The molecule has 0 radical (unpaired) electrons. The van der Waals surface area contributed by atoms with E-state index >= 15 is 0 Å². The maximum absolute atomic E-state index is 5.19. The molecule has 0 spiro atoms. The topological polar surface area (TPSA) is 45.7 Å². The van der Waals surface area contributed by atoms with Gasteiger partial charge in [0.1, 0.15) is 0 Å². The van der Waals surface area contributed by atoms with Crippen molar-refractivity contribution in [1.82, 2.24) is 10.7 Å². The van der Waals surface area contributed by atoms with Crippen molar-refractivity contribution in [3.05, 3.63) is 35.9 Å². The standard InChI is InChI=1S/C16H25N3OS/c1-3-4-6-11-15(14-9-7-5-8-10-14)18-19-16(21)17-12-13-20-2/h5,7-10H,3-4,6,11-13H2,1-2H3,(H2,17,19,21)/b18-15-. The van der Waals surface area contributed by atoms with Gasteiger partial charge in [0, 0.05) is 13.7 Å². The predicted molar refractivity (Wildman–Crippen MR) is 92.7 cm³/mol. The quantitative estimate of drug-likeness (QED) is 0.318. The van der Waals surface area contributed by atoms with E-state index in [2.05, 4.69) is 34.9 Å². The summed E-state index contributed by atoms with van der Waals surface area (Å²) in [4.78, 5) is 0. The molecule has 5 heteroatoms. The van der Waals surface area contributed by atoms with E-state index in [9.17, 15) is 0 Å². The zero-order valence-corrected chi connectivity index (χ0v) is 13.7.